The molecule has 0 spiro atoms. The van der Waals surface area contributed by atoms with Gasteiger partial charge < -0.3 is 10.5 Å². The van der Waals surface area contributed by atoms with Crippen LogP contribution < -0.4 is 5.73 Å². The van der Waals surface area contributed by atoms with E-state index in [2.05, 4.69) is 11.8 Å². The van der Waals surface area contributed by atoms with Crippen LogP contribution in [0.1, 0.15) is 58.3 Å². The number of rotatable bonds is 5. The van der Waals surface area contributed by atoms with Crippen molar-refractivity contribution in [1.82, 2.24) is 4.90 Å². The highest BCUT2D eigenvalue weighted by atomic mass is 16.5. The molecule has 2 N–H and O–H groups in total. The lowest BCUT2D eigenvalue weighted by Gasteiger charge is -2.45. The summed E-state index contributed by atoms with van der Waals surface area (Å²) in [5.41, 5.74) is 6.52. The van der Waals surface area contributed by atoms with Crippen molar-refractivity contribution in [1.29, 1.82) is 0 Å². The highest BCUT2D eigenvalue weighted by Gasteiger charge is 2.36. The Bertz CT molecular complexity index is 243. The maximum absolute atomic E-state index is 6.22. The van der Waals surface area contributed by atoms with Gasteiger partial charge in [-0.2, -0.15) is 0 Å². The molecule has 1 saturated carbocycles. The molecule has 0 aromatic carbocycles. The van der Waals surface area contributed by atoms with E-state index in [0.29, 0.717) is 5.54 Å². The Morgan fingerprint density at radius 1 is 1.11 bits per heavy atom. The molecule has 2 rings (SSSR count). The largest absolute Gasteiger partial charge is 0.381 e. The van der Waals surface area contributed by atoms with Crippen LogP contribution in [-0.2, 0) is 4.74 Å². The zero-order valence-corrected chi connectivity index (χ0v) is 12.7. The average molecular weight is 268 g/mol. The monoisotopic (exact) mass is 268 g/mol. The van der Waals surface area contributed by atoms with Crippen LogP contribution in [0.2, 0.25) is 0 Å². The van der Waals surface area contributed by atoms with Crippen LogP contribution in [0.25, 0.3) is 0 Å². The van der Waals surface area contributed by atoms with Gasteiger partial charge in [0.15, 0.2) is 0 Å². The van der Waals surface area contributed by atoms with Crippen LogP contribution in [0.15, 0.2) is 0 Å². The van der Waals surface area contributed by atoms with Gasteiger partial charge in [-0.1, -0.05) is 32.6 Å². The number of hydrogen-bond acceptors (Lipinski definition) is 3. The minimum Gasteiger partial charge on any atom is -0.381 e. The predicted octanol–water partition coefficient (Wildman–Crippen LogP) is 2.79. The standard InChI is InChI=1S/C16H32N2O/c1-2-18(13-15-7-11-19-12-8-15)16(14-17)9-5-3-4-6-10-16/h15H,2-14,17H2,1H3. The normalized spacial score (nSPS) is 25.4. The van der Waals surface area contributed by atoms with Crippen molar-refractivity contribution in [2.45, 2.75) is 63.8 Å². The second-order valence-electron chi connectivity index (χ2n) is 6.44. The molecule has 112 valence electrons. The first-order chi connectivity index (χ1) is 9.30. The number of likely N-dealkylation sites (N-methyl/N-ethyl adjacent to an activating group) is 1. The van der Waals surface area contributed by atoms with E-state index < -0.39 is 0 Å². The Morgan fingerprint density at radius 2 is 1.74 bits per heavy atom. The van der Waals surface area contributed by atoms with E-state index in [0.717, 1.165) is 32.2 Å². The number of ether oxygens (including phenoxy) is 1. The van der Waals surface area contributed by atoms with Crippen LogP contribution in [0.3, 0.4) is 0 Å². The Balaban J connectivity index is 1.99. The van der Waals surface area contributed by atoms with Gasteiger partial charge in [-0.3, -0.25) is 4.90 Å². The molecule has 0 unspecified atom stereocenters. The van der Waals surface area contributed by atoms with Crippen molar-refractivity contribution in [2.75, 3.05) is 32.8 Å². The van der Waals surface area contributed by atoms with Gasteiger partial charge in [0.1, 0.15) is 0 Å². The van der Waals surface area contributed by atoms with E-state index in [1.807, 2.05) is 0 Å². The van der Waals surface area contributed by atoms with E-state index in [1.54, 1.807) is 0 Å². The molecular formula is C16H32N2O. The summed E-state index contributed by atoms with van der Waals surface area (Å²) in [6.07, 6.45) is 10.6. The fourth-order valence-electron chi connectivity index (χ4n) is 3.93. The van der Waals surface area contributed by atoms with Gasteiger partial charge in [0.25, 0.3) is 0 Å². The molecule has 1 heterocycles. The van der Waals surface area contributed by atoms with Gasteiger partial charge in [0, 0.05) is 31.8 Å². The number of nitrogens with zero attached hydrogens (tertiary/aromatic N) is 1. The highest BCUT2D eigenvalue weighted by molar-refractivity contribution is 4.93. The Morgan fingerprint density at radius 3 is 2.26 bits per heavy atom. The summed E-state index contributed by atoms with van der Waals surface area (Å²) in [6, 6.07) is 0. The molecule has 2 fully saturated rings. The molecule has 1 aliphatic heterocycles. The topological polar surface area (TPSA) is 38.5 Å². The van der Waals surface area contributed by atoms with E-state index in [-0.39, 0.29) is 0 Å². The first-order valence-corrected chi connectivity index (χ1v) is 8.33. The summed E-state index contributed by atoms with van der Waals surface area (Å²) in [5.74, 6) is 0.820. The Labute approximate surface area is 118 Å². The Hall–Kier alpha value is -0.120. The minimum absolute atomic E-state index is 0.295. The Kier molecular flexibility index (Phi) is 6.11. The SMILES string of the molecule is CCN(CC1CCOCC1)C1(CN)CCCCCC1. The number of nitrogens with two attached hydrogens (primary N) is 1. The molecule has 0 aromatic heterocycles. The van der Waals surface area contributed by atoms with Crippen LogP contribution >= 0.6 is 0 Å². The third-order valence-corrected chi connectivity index (χ3v) is 5.29. The second-order valence-corrected chi connectivity index (χ2v) is 6.44. The van der Waals surface area contributed by atoms with Crippen LogP contribution in [0, 0.1) is 5.92 Å². The van der Waals surface area contributed by atoms with Gasteiger partial charge in [-0.05, 0) is 38.1 Å². The van der Waals surface area contributed by atoms with Crippen molar-refractivity contribution in [3.05, 3.63) is 0 Å². The average Bonchev–Trinajstić information content (AvgIpc) is 2.72. The molecule has 0 atom stereocenters. The molecule has 1 saturated heterocycles. The quantitative estimate of drug-likeness (QED) is 0.779. The third-order valence-electron chi connectivity index (χ3n) is 5.29. The molecule has 0 amide bonds. The smallest absolute Gasteiger partial charge is 0.0469 e. The summed E-state index contributed by atoms with van der Waals surface area (Å²) in [5, 5.41) is 0. The van der Waals surface area contributed by atoms with Crippen molar-refractivity contribution in [3.63, 3.8) is 0 Å². The van der Waals surface area contributed by atoms with Crippen LogP contribution in [0.4, 0.5) is 0 Å². The summed E-state index contributed by atoms with van der Waals surface area (Å²) in [4.78, 5) is 2.72. The molecule has 3 heteroatoms. The first kappa shape index (κ1) is 15.3. The van der Waals surface area contributed by atoms with Gasteiger partial charge in [0.05, 0.1) is 0 Å². The molecule has 0 radical (unpaired) electrons. The van der Waals surface area contributed by atoms with Crippen LogP contribution in [0.5, 0.6) is 0 Å². The maximum Gasteiger partial charge on any atom is 0.0469 e. The lowest BCUT2D eigenvalue weighted by molar-refractivity contribution is 0.0197. The highest BCUT2D eigenvalue weighted by Crippen LogP contribution is 2.33. The molecule has 0 aromatic rings. The lowest BCUT2D eigenvalue weighted by atomic mass is 9.86. The van der Waals surface area contributed by atoms with Crippen molar-refractivity contribution < 1.29 is 4.74 Å². The van der Waals surface area contributed by atoms with Crippen molar-refractivity contribution in [3.8, 4) is 0 Å². The molecule has 3 nitrogen and oxygen atoms in total. The number of hydrogen-bond donors (Lipinski definition) is 1. The minimum atomic E-state index is 0.295. The third kappa shape index (κ3) is 3.93. The van der Waals surface area contributed by atoms with Gasteiger partial charge in [0.2, 0.25) is 0 Å². The predicted molar refractivity (Wildman–Crippen MR) is 80.3 cm³/mol. The fraction of sp³-hybridized carbons (Fsp3) is 1.00. The van der Waals surface area contributed by atoms with Crippen molar-refractivity contribution in [2.24, 2.45) is 11.7 Å². The van der Waals surface area contributed by atoms with E-state index in [9.17, 15) is 0 Å². The molecule has 1 aliphatic carbocycles. The summed E-state index contributed by atoms with van der Waals surface area (Å²) >= 11 is 0. The molecule has 2 aliphatic rings. The zero-order chi connectivity index (χ0) is 13.6. The van der Waals surface area contributed by atoms with Gasteiger partial charge in [-0.25, -0.2) is 0 Å². The second kappa shape index (κ2) is 7.61. The summed E-state index contributed by atoms with van der Waals surface area (Å²) in [6.45, 7) is 7.44. The van der Waals surface area contributed by atoms with Crippen molar-refractivity contribution >= 4 is 0 Å². The van der Waals surface area contributed by atoms with E-state index >= 15 is 0 Å². The van der Waals surface area contributed by atoms with Gasteiger partial charge in [-0.15, -0.1) is 0 Å². The summed E-state index contributed by atoms with van der Waals surface area (Å²) in [7, 11) is 0. The van der Waals surface area contributed by atoms with Crippen LogP contribution in [-0.4, -0.2) is 43.3 Å². The van der Waals surface area contributed by atoms with E-state index in [1.165, 1.54) is 57.9 Å². The van der Waals surface area contributed by atoms with E-state index in [4.69, 9.17) is 10.5 Å². The molecular weight excluding hydrogens is 236 g/mol. The lowest BCUT2D eigenvalue weighted by Crippen LogP contribution is -2.55. The zero-order valence-electron chi connectivity index (χ0n) is 12.7. The van der Waals surface area contributed by atoms with Gasteiger partial charge >= 0.3 is 0 Å². The summed E-state index contributed by atoms with van der Waals surface area (Å²) < 4.78 is 5.49. The first-order valence-electron chi connectivity index (χ1n) is 8.33. The molecule has 19 heavy (non-hydrogen) atoms. The molecule has 0 bridgehead atoms. The fourth-order valence-corrected chi connectivity index (χ4v) is 3.93. The maximum atomic E-state index is 6.22.